The molecule has 0 bridgehead atoms. The van der Waals surface area contributed by atoms with E-state index >= 15 is 0 Å². The van der Waals surface area contributed by atoms with Gasteiger partial charge in [-0.2, -0.15) is 0 Å². The molecule has 0 unspecified atom stereocenters. The van der Waals surface area contributed by atoms with E-state index in [0.717, 1.165) is 16.0 Å². The van der Waals surface area contributed by atoms with Crippen molar-refractivity contribution < 1.29 is 14.4 Å². The number of carbonyl (C=O) groups excluding carboxylic acids is 3. The number of hydrogen-bond donors (Lipinski definition) is 2. The molecule has 0 spiro atoms. The molecule has 2 aliphatic rings. The average Bonchev–Trinajstić information content (AvgIpc) is 3.42. The van der Waals surface area contributed by atoms with Gasteiger partial charge in [-0.05, 0) is 49.6 Å². The number of nitrogens with one attached hydrogen (secondary N) is 2. The van der Waals surface area contributed by atoms with Crippen LogP contribution in [0.1, 0.15) is 42.9 Å². The summed E-state index contributed by atoms with van der Waals surface area (Å²) in [5.41, 5.74) is 2.74. The van der Waals surface area contributed by atoms with E-state index in [9.17, 15) is 14.4 Å². The molecule has 2 aromatic rings. The molecular weight excluding hydrogens is 368 g/mol. The summed E-state index contributed by atoms with van der Waals surface area (Å²) >= 11 is 0. The number of aryl methyl sites for hydroxylation is 1. The van der Waals surface area contributed by atoms with Crippen molar-refractivity contribution in [1.29, 1.82) is 0 Å². The van der Waals surface area contributed by atoms with Gasteiger partial charge >= 0.3 is 6.03 Å². The Hall–Kier alpha value is -3.35. The van der Waals surface area contributed by atoms with E-state index in [4.69, 9.17) is 0 Å². The van der Waals surface area contributed by atoms with E-state index in [-0.39, 0.29) is 12.2 Å². The molecule has 7 heteroatoms. The minimum atomic E-state index is -0.587. The molecule has 1 saturated carbocycles. The maximum absolute atomic E-state index is 12.6. The van der Waals surface area contributed by atoms with Crippen LogP contribution in [0, 0.1) is 6.92 Å². The summed E-state index contributed by atoms with van der Waals surface area (Å²) in [7, 11) is 0. The lowest BCUT2D eigenvalue weighted by Gasteiger charge is -2.12. The molecule has 1 saturated heterocycles. The largest absolute Gasteiger partial charge is 0.351 e. The van der Waals surface area contributed by atoms with Crippen LogP contribution in [0.4, 0.5) is 10.5 Å². The topological polar surface area (TPSA) is 83.4 Å². The highest BCUT2D eigenvalue weighted by atomic mass is 16.2. The fraction of sp³-hybridized carbons (Fsp3) is 0.318. The van der Waals surface area contributed by atoms with Gasteiger partial charge in [0.1, 0.15) is 12.2 Å². The lowest BCUT2D eigenvalue weighted by Crippen LogP contribution is -2.38. The highest BCUT2D eigenvalue weighted by Gasteiger charge is 2.35. The Morgan fingerprint density at radius 3 is 2.62 bits per heavy atom. The van der Waals surface area contributed by atoms with Crippen molar-refractivity contribution in [3.8, 4) is 0 Å². The van der Waals surface area contributed by atoms with Gasteiger partial charge in [0, 0.05) is 24.1 Å². The molecular formula is C22H24N4O3. The van der Waals surface area contributed by atoms with E-state index in [2.05, 4.69) is 15.2 Å². The number of rotatable bonds is 5. The number of nitrogens with zero attached hydrogens (tertiary/aromatic N) is 2. The Morgan fingerprint density at radius 1 is 1.17 bits per heavy atom. The second-order valence-electron chi connectivity index (χ2n) is 7.62. The zero-order valence-electron chi connectivity index (χ0n) is 16.4. The fourth-order valence-corrected chi connectivity index (χ4v) is 3.81. The second kappa shape index (κ2) is 7.95. The third kappa shape index (κ3) is 4.23. The third-order valence-electron chi connectivity index (χ3n) is 5.39. The number of anilines is 1. The Morgan fingerprint density at radius 2 is 1.90 bits per heavy atom. The number of amides is 4. The lowest BCUT2D eigenvalue weighted by molar-refractivity contribution is -0.127. The van der Waals surface area contributed by atoms with Crippen molar-refractivity contribution in [3.63, 3.8) is 0 Å². The number of urea groups is 1. The summed E-state index contributed by atoms with van der Waals surface area (Å²) < 4.78 is 2.17. The van der Waals surface area contributed by atoms with Gasteiger partial charge in [-0.25, -0.2) is 9.69 Å². The van der Waals surface area contributed by atoms with Crippen LogP contribution < -0.4 is 10.6 Å². The van der Waals surface area contributed by atoms with Crippen LogP contribution in [0.25, 0.3) is 6.08 Å². The predicted octanol–water partition coefficient (Wildman–Crippen LogP) is 3.44. The monoisotopic (exact) mass is 392 g/mol. The van der Waals surface area contributed by atoms with Crippen molar-refractivity contribution in [1.82, 2.24) is 14.8 Å². The predicted molar refractivity (Wildman–Crippen MR) is 110 cm³/mol. The molecule has 2 N–H and O–H groups in total. The Kier molecular flexibility index (Phi) is 5.20. The molecule has 1 aliphatic heterocycles. The molecule has 2 heterocycles. The van der Waals surface area contributed by atoms with Crippen molar-refractivity contribution in [3.05, 3.63) is 59.5 Å². The molecule has 1 aromatic carbocycles. The van der Waals surface area contributed by atoms with Gasteiger partial charge in [-0.15, -0.1) is 0 Å². The van der Waals surface area contributed by atoms with Crippen LogP contribution in [0.3, 0.4) is 0 Å². The van der Waals surface area contributed by atoms with Gasteiger partial charge in [0.25, 0.3) is 5.91 Å². The fourth-order valence-electron chi connectivity index (χ4n) is 3.81. The molecule has 150 valence electrons. The Labute approximate surface area is 169 Å². The zero-order chi connectivity index (χ0) is 20.4. The molecule has 1 aliphatic carbocycles. The van der Waals surface area contributed by atoms with E-state index in [0.29, 0.717) is 11.7 Å². The first-order chi connectivity index (χ1) is 14.0. The molecule has 2 fully saturated rings. The van der Waals surface area contributed by atoms with Gasteiger partial charge in [0.05, 0.1) is 0 Å². The SMILES string of the molecule is Cc1ccc(NC(=O)CN2C(=O)N/C(=C/c3ccn(C4CCCC4)c3)C2=O)cc1. The Bertz CT molecular complexity index is 968. The van der Waals surface area contributed by atoms with Crippen molar-refractivity contribution in [2.24, 2.45) is 0 Å². The second-order valence-corrected chi connectivity index (χ2v) is 7.62. The maximum atomic E-state index is 12.6. The first-order valence-electron chi connectivity index (χ1n) is 9.88. The van der Waals surface area contributed by atoms with Crippen LogP contribution in [0.15, 0.2) is 48.4 Å². The Balaban J connectivity index is 1.41. The highest BCUT2D eigenvalue weighted by molar-refractivity contribution is 6.15. The van der Waals surface area contributed by atoms with E-state index in [1.807, 2.05) is 37.5 Å². The van der Waals surface area contributed by atoms with Crippen LogP contribution >= 0.6 is 0 Å². The minimum Gasteiger partial charge on any atom is -0.351 e. The van der Waals surface area contributed by atoms with Gasteiger partial charge in [0.15, 0.2) is 0 Å². The number of imide groups is 1. The average molecular weight is 392 g/mol. The van der Waals surface area contributed by atoms with Crippen LogP contribution in [0.2, 0.25) is 0 Å². The first kappa shape index (κ1) is 19.0. The van der Waals surface area contributed by atoms with Gasteiger partial charge in [-0.3, -0.25) is 9.59 Å². The first-order valence-corrected chi connectivity index (χ1v) is 9.88. The number of aromatic nitrogens is 1. The van der Waals surface area contributed by atoms with E-state index in [1.54, 1.807) is 18.2 Å². The summed E-state index contributed by atoms with van der Waals surface area (Å²) in [6, 6.07) is 9.16. The number of hydrogen-bond acceptors (Lipinski definition) is 3. The summed E-state index contributed by atoms with van der Waals surface area (Å²) in [4.78, 5) is 38.0. The molecule has 1 aromatic heterocycles. The van der Waals surface area contributed by atoms with Gasteiger partial charge in [-0.1, -0.05) is 30.5 Å². The molecule has 7 nitrogen and oxygen atoms in total. The van der Waals surface area contributed by atoms with Crippen molar-refractivity contribution >= 4 is 29.6 Å². The van der Waals surface area contributed by atoms with Crippen molar-refractivity contribution in [2.75, 3.05) is 11.9 Å². The highest BCUT2D eigenvalue weighted by Crippen LogP contribution is 2.30. The summed E-state index contributed by atoms with van der Waals surface area (Å²) in [6.07, 6.45) is 10.5. The quantitative estimate of drug-likeness (QED) is 0.604. The smallest absolute Gasteiger partial charge is 0.329 e. The standard InChI is InChI=1S/C22H24N4O3/c1-15-6-8-17(9-7-15)23-20(27)14-26-21(28)19(24-22(26)29)12-16-10-11-25(13-16)18-4-2-3-5-18/h6-13,18H,2-5,14H2,1H3,(H,23,27)(H,24,29)/b19-12+. The molecule has 0 radical (unpaired) electrons. The summed E-state index contributed by atoms with van der Waals surface area (Å²) in [5.74, 6) is -0.923. The van der Waals surface area contributed by atoms with Crippen molar-refractivity contribution in [2.45, 2.75) is 38.6 Å². The molecule has 29 heavy (non-hydrogen) atoms. The van der Waals surface area contributed by atoms with Crippen LogP contribution in [-0.4, -0.2) is 33.9 Å². The molecule has 4 rings (SSSR count). The molecule has 4 amide bonds. The molecule has 0 atom stereocenters. The minimum absolute atomic E-state index is 0.183. The number of carbonyl (C=O) groups is 3. The third-order valence-corrected chi connectivity index (χ3v) is 5.39. The summed E-state index contributed by atoms with van der Waals surface area (Å²) in [6.45, 7) is 1.62. The van der Waals surface area contributed by atoms with E-state index in [1.165, 1.54) is 25.7 Å². The summed E-state index contributed by atoms with van der Waals surface area (Å²) in [5, 5.41) is 5.27. The van der Waals surface area contributed by atoms with Gasteiger partial charge in [0.2, 0.25) is 5.91 Å². The zero-order valence-corrected chi connectivity index (χ0v) is 16.4. The lowest BCUT2D eigenvalue weighted by atomic mass is 10.2. The normalized spacial score (nSPS) is 18.5. The van der Waals surface area contributed by atoms with Crippen LogP contribution in [-0.2, 0) is 9.59 Å². The van der Waals surface area contributed by atoms with E-state index < -0.39 is 17.8 Å². The van der Waals surface area contributed by atoms with Gasteiger partial charge < -0.3 is 15.2 Å². The number of benzene rings is 1. The van der Waals surface area contributed by atoms with Crippen LogP contribution in [0.5, 0.6) is 0 Å². The maximum Gasteiger partial charge on any atom is 0.329 e.